The van der Waals surface area contributed by atoms with E-state index in [9.17, 15) is 18.0 Å². The van der Waals surface area contributed by atoms with Crippen molar-refractivity contribution in [3.63, 3.8) is 0 Å². The predicted octanol–water partition coefficient (Wildman–Crippen LogP) is 0.0769. The maximum absolute atomic E-state index is 10.6. The Morgan fingerprint density at radius 3 is 2.38 bits per heavy atom. The first-order chi connectivity index (χ1) is 7.27. The van der Waals surface area contributed by atoms with Crippen LogP contribution in [-0.4, -0.2) is 42.5 Å². The predicted molar refractivity (Wildman–Crippen MR) is 45.6 cm³/mol. The van der Waals surface area contributed by atoms with E-state index < -0.39 is 12.1 Å². The summed E-state index contributed by atoms with van der Waals surface area (Å²) >= 11 is 0. The van der Waals surface area contributed by atoms with E-state index in [0.29, 0.717) is 13.1 Å². The molecule has 0 aromatic heterocycles. The monoisotopic (exact) mass is 244 g/mol. The standard InChI is InChI=1S/C5H10N2O2.C2HF3O2/c6-2-1-4-3-7-5(8)9-4;3-2(4,5)1(6)7/h4H,1-3,6H2,(H,7,8);(H,6,7). The van der Waals surface area contributed by atoms with Crippen molar-refractivity contribution < 1.29 is 32.6 Å². The van der Waals surface area contributed by atoms with Gasteiger partial charge in [0.15, 0.2) is 0 Å². The second-order valence-corrected chi connectivity index (χ2v) is 2.79. The van der Waals surface area contributed by atoms with Crippen LogP contribution in [0.15, 0.2) is 0 Å². The summed E-state index contributed by atoms with van der Waals surface area (Å²) in [6.45, 7) is 1.18. The van der Waals surface area contributed by atoms with E-state index >= 15 is 0 Å². The fraction of sp³-hybridized carbons (Fsp3) is 0.714. The van der Waals surface area contributed by atoms with Crippen molar-refractivity contribution in [1.29, 1.82) is 0 Å². The third kappa shape index (κ3) is 6.06. The quantitative estimate of drug-likeness (QED) is 0.638. The Morgan fingerprint density at radius 2 is 2.12 bits per heavy atom. The third-order valence-corrected chi connectivity index (χ3v) is 1.48. The van der Waals surface area contributed by atoms with E-state index in [4.69, 9.17) is 20.4 Å². The Hall–Kier alpha value is -1.51. The molecule has 1 atom stereocenters. The van der Waals surface area contributed by atoms with Crippen molar-refractivity contribution in [1.82, 2.24) is 5.32 Å². The Balaban J connectivity index is 0.000000293. The molecule has 6 nitrogen and oxygen atoms in total. The average Bonchev–Trinajstić information content (AvgIpc) is 2.51. The minimum Gasteiger partial charge on any atom is -0.475 e. The van der Waals surface area contributed by atoms with Crippen LogP contribution >= 0.6 is 0 Å². The molecule has 0 aliphatic carbocycles. The molecule has 1 amide bonds. The first kappa shape index (κ1) is 14.5. The maximum atomic E-state index is 10.6. The number of carboxylic acid groups (broad SMARTS) is 1. The molecule has 1 heterocycles. The molecule has 1 saturated heterocycles. The van der Waals surface area contributed by atoms with Gasteiger partial charge in [0.1, 0.15) is 6.10 Å². The molecule has 0 spiro atoms. The van der Waals surface area contributed by atoms with Crippen molar-refractivity contribution in [3.8, 4) is 0 Å². The molecule has 0 aromatic rings. The smallest absolute Gasteiger partial charge is 0.475 e. The van der Waals surface area contributed by atoms with Gasteiger partial charge in [-0.3, -0.25) is 0 Å². The summed E-state index contributed by atoms with van der Waals surface area (Å²) in [5.41, 5.74) is 5.23. The molecule has 16 heavy (non-hydrogen) atoms. The molecule has 1 aliphatic heterocycles. The van der Waals surface area contributed by atoms with Crippen LogP contribution in [0.3, 0.4) is 0 Å². The number of rotatable bonds is 2. The minimum atomic E-state index is -5.08. The summed E-state index contributed by atoms with van der Waals surface area (Å²) < 4.78 is 36.5. The number of carbonyl (C=O) groups is 2. The number of halogens is 3. The number of alkyl carbamates (subject to hydrolysis) is 1. The highest BCUT2D eigenvalue weighted by atomic mass is 19.4. The average molecular weight is 244 g/mol. The molecule has 0 aromatic carbocycles. The number of hydrogen-bond donors (Lipinski definition) is 3. The number of alkyl halides is 3. The molecule has 1 aliphatic rings. The summed E-state index contributed by atoms with van der Waals surface area (Å²) in [4.78, 5) is 19.2. The number of carboxylic acids is 1. The van der Waals surface area contributed by atoms with Crippen LogP contribution in [0.5, 0.6) is 0 Å². The van der Waals surface area contributed by atoms with Gasteiger partial charge in [-0.05, 0) is 13.0 Å². The minimum absolute atomic E-state index is 0.00231. The number of cyclic esters (lactones) is 1. The lowest BCUT2D eigenvalue weighted by Gasteiger charge is -2.02. The van der Waals surface area contributed by atoms with Crippen molar-refractivity contribution in [2.45, 2.75) is 18.7 Å². The number of amides is 1. The van der Waals surface area contributed by atoms with Crippen molar-refractivity contribution in [2.24, 2.45) is 5.73 Å². The zero-order chi connectivity index (χ0) is 12.8. The lowest BCUT2D eigenvalue weighted by molar-refractivity contribution is -0.192. The summed E-state index contributed by atoms with van der Waals surface area (Å²) in [7, 11) is 0. The second kappa shape index (κ2) is 6.16. The Labute approximate surface area is 88.5 Å². The molecule has 0 saturated carbocycles. The van der Waals surface area contributed by atoms with E-state index in [2.05, 4.69) is 5.32 Å². The number of nitrogens with one attached hydrogen (secondary N) is 1. The Bertz CT molecular complexity index is 257. The van der Waals surface area contributed by atoms with Crippen molar-refractivity contribution in [3.05, 3.63) is 0 Å². The topological polar surface area (TPSA) is 102 Å². The summed E-state index contributed by atoms with van der Waals surface area (Å²) in [6.07, 6.45) is -4.66. The molecule has 1 unspecified atom stereocenters. The lowest BCUT2D eigenvalue weighted by Crippen LogP contribution is -2.21. The van der Waals surface area contributed by atoms with Gasteiger partial charge in [0.2, 0.25) is 0 Å². The van der Waals surface area contributed by atoms with Gasteiger partial charge in [-0.2, -0.15) is 13.2 Å². The third-order valence-electron chi connectivity index (χ3n) is 1.48. The van der Waals surface area contributed by atoms with Gasteiger partial charge in [0, 0.05) is 0 Å². The highest BCUT2D eigenvalue weighted by Crippen LogP contribution is 2.13. The molecule has 0 bridgehead atoms. The number of hydrogen-bond acceptors (Lipinski definition) is 4. The number of aliphatic carboxylic acids is 1. The fourth-order valence-electron chi connectivity index (χ4n) is 0.779. The summed E-state index contributed by atoms with van der Waals surface area (Å²) in [6, 6.07) is 0. The van der Waals surface area contributed by atoms with Crippen molar-refractivity contribution in [2.75, 3.05) is 13.1 Å². The first-order valence-corrected chi connectivity index (χ1v) is 4.22. The van der Waals surface area contributed by atoms with Gasteiger partial charge in [-0.15, -0.1) is 0 Å². The molecule has 1 rings (SSSR count). The van der Waals surface area contributed by atoms with Crippen molar-refractivity contribution >= 4 is 12.1 Å². The maximum Gasteiger partial charge on any atom is 0.490 e. The zero-order valence-corrected chi connectivity index (χ0v) is 8.08. The van der Waals surface area contributed by atoms with Gasteiger partial charge in [-0.1, -0.05) is 0 Å². The van der Waals surface area contributed by atoms with Crippen LogP contribution in [0.1, 0.15) is 6.42 Å². The van der Waals surface area contributed by atoms with Gasteiger partial charge in [0.05, 0.1) is 6.54 Å². The molecule has 1 fully saturated rings. The second-order valence-electron chi connectivity index (χ2n) is 2.79. The Morgan fingerprint density at radius 1 is 1.62 bits per heavy atom. The highest BCUT2D eigenvalue weighted by Gasteiger charge is 2.38. The van der Waals surface area contributed by atoms with Gasteiger partial charge >= 0.3 is 18.2 Å². The summed E-state index contributed by atoms with van der Waals surface area (Å²) in [5, 5.41) is 9.66. The van der Waals surface area contributed by atoms with E-state index in [1.807, 2.05) is 0 Å². The highest BCUT2D eigenvalue weighted by molar-refractivity contribution is 5.73. The number of carbonyl (C=O) groups excluding carboxylic acids is 1. The SMILES string of the molecule is NCCC1CNC(=O)O1.O=C(O)C(F)(F)F. The number of ether oxygens (including phenoxy) is 1. The van der Waals surface area contributed by atoms with E-state index in [1.54, 1.807) is 0 Å². The van der Waals surface area contributed by atoms with Crippen LogP contribution < -0.4 is 11.1 Å². The number of nitrogens with two attached hydrogens (primary N) is 1. The van der Waals surface area contributed by atoms with Gasteiger partial charge in [-0.25, -0.2) is 9.59 Å². The van der Waals surface area contributed by atoms with Gasteiger partial charge < -0.3 is 20.9 Å². The van der Waals surface area contributed by atoms with Crippen LogP contribution in [-0.2, 0) is 9.53 Å². The zero-order valence-electron chi connectivity index (χ0n) is 8.08. The first-order valence-electron chi connectivity index (χ1n) is 4.22. The molecular weight excluding hydrogens is 233 g/mol. The van der Waals surface area contributed by atoms with Crippen LogP contribution in [0.4, 0.5) is 18.0 Å². The normalized spacial score (nSPS) is 19.2. The van der Waals surface area contributed by atoms with E-state index in [-0.39, 0.29) is 12.2 Å². The molecule has 94 valence electrons. The summed E-state index contributed by atoms with van der Waals surface area (Å²) in [5.74, 6) is -2.76. The van der Waals surface area contributed by atoms with Crippen LogP contribution in [0.2, 0.25) is 0 Å². The molecule has 4 N–H and O–H groups in total. The molecular formula is C7H11F3N2O4. The van der Waals surface area contributed by atoms with Gasteiger partial charge in [0.25, 0.3) is 0 Å². The Kier molecular flexibility index (Phi) is 5.57. The van der Waals surface area contributed by atoms with Crippen LogP contribution in [0, 0.1) is 0 Å². The molecule has 9 heteroatoms. The molecule has 0 radical (unpaired) electrons. The largest absolute Gasteiger partial charge is 0.490 e. The lowest BCUT2D eigenvalue weighted by atomic mass is 10.3. The fourth-order valence-corrected chi connectivity index (χ4v) is 0.779. The van der Waals surface area contributed by atoms with Crippen LogP contribution in [0.25, 0.3) is 0 Å². The van der Waals surface area contributed by atoms with E-state index in [1.165, 1.54) is 0 Å². The van der Waals surface area contributed by atoms with E-state index in [0.717, 1.165) is 6.42 Å².